The van der Waals surface area contributed by atoms with Crippen molar-refractivity contribution in [3.8, 4) is 0 Å². The average Bonchev–Trinajstić information content (AvgIpc) is 2.46. The molecule has 1 aromatic carbocycles. The van der Waals surface area contributed by atoms with Crippen LogP contribution in [0.2, 0.25) is 0 Å². The molecule has 0 atom stereocenters. The second-order valence-corrected chi connectivity index (χ2v) is 4.56. The topological polar surface area (TPSA) is 3.24 Å². The minimum Gasteiger partial charge on any atom is -0.345 e. The van der Waals surface area contributed by atoms with Gasteiger partial charge in [0.25, 0.3) is 0 Å². The van der Waals surface area contributed by atoms with Crippen molar-refractivity contribution >= 4 is 5.69 Å². The van der Waals surface area contributed by atoms with E-state index in [0.717, 1.165) is 6.54 Å². The van der Waals surface area contributed by atoms with Gasteiger partial charge in [-0.25, -0.2) is 0 Å². The first-order valence-corrected chi connectivity index (χ1v) is 5.66. The van der Waals surface area contributed by atoms with Gasteiger partial charge in [0.15, 0.2) is 0 Å². The molecular formula is C14H19N. The van der Waals surface area contributed by atoms with Gasteiger partial charge in [0.1, 0.15) is 0 Å². The maximum absolute atomic E-state index is 2.41. The Morgan fingerprint density at radius 2 is 1.93 bits per heavy atom. The number of anilines is 1. The fourth-order valence-corrected chi connectivity index (χ4v) is 2.70. The number of fused-ring (bicyclic) bond motifs is 1. The van der Waals surface area contributed by atoms with Gasteiger partial charge < -0.3 is 4.90 Å². The fourth-order valence-electron chi connectivity index (χ4n) is 2.70. The number of benzene rings is 1. The summed E-state index contributed by atoms with van der Waals surface area (Å²) >= 11 is 0. The van der Waals surface area contributed by atoms with Crippen LogP contribution in [0.1, 0.15) is 33.3 Å². The van der Waals surface area contributed by atoms with E-state index < -0.39 is 0 Å². The molecule has 0 N–H and O–H groups in total. The van der Waals surface area contributed by atoms with E-state index in [1.54, 1.807) is 0 Å². The number of hydrogen-bond donors (Lipinski definition) is 0. The molecule has 0 aromatic heterocycles. The maximum Gasteiger partial charge on any atom is 0.0450 e. The minimum atomic E-state index is 0.154. The number of allylic oxidation sites excluding steroid dienone is 2. The molecule has 1 nitrogen and oxygen atoms in total. The molecule has 1 heterocycles. The Morgan fingerprint density at radius 1 is 1.27 bits per heavy atom. The molecule has 0 aliphatic carbocycles. The molecule has 0 saturated carbocycles. The minimum absolute atomic E-state index is 0.154. The van der Waals surface area contributed by atoms with Crippen LogP contribution in [0.25, 0.3) is 0 Å². The molecule has 0 saturated heterocycles. The number of nitrogens with zero attached hydrogens (tertiary/aromatic N) is 1. The molecule has 15 heavy (non-hydrogen) atoms. The molecule has 2 rings (SSSR count). The Labute approximate surface area is 92.4 Å². The van der Waals surface area contributed by atoms with Crippen LogP contribution in [0.4, 0.5) is 5.69 Å². The highest BCUT2D eigenvalue weighted by Crippen LogP contribution is 2.47. The van der Waals surface area contributed by atoms with Crippen LogP contribution < -0.4 is 4.90 Å². The molecule has 0 amide bonds. The average molecular weight is 201 g/mol. The van der Waals surface area contributed by atoms with Gasteiger partial charge in [0.05, 0.1) is 0 Å². The van der Waals surface area contributed by atoms with Crippen molar-refractivity contribution in [3.05, 3.63) is 41.6 Å². The van der Waals surface area contributed by atoms with E-state index in [1.165, 1.54) is 16.9 Å². The third kappa shape index (κ3) is 1.30. The van der Waals surface area contributed by atoms with Gasteiger partial charge in [-0.15, -0.1) is 0 Å². The first-order valence-electron chi connectivity index (χ1n) is 5.66. The summed E-state index contributed by atoms with van der Waals surface area (Å²) in [5, 5.41) is 0. The normalized spacial score (nSPS) is 20.8. The molecule has 80 valence electrons. The zero-order valence-corrected chi connectivity index (χ0v) is 10.0. The third-order valence-corrected chi connectivity index (χ3v) is 3.39. The zero-order valence-electron chi connectivity index (χ0n) is 10.0. The van der Waals surface area contributed by atoms with E-state index in [4.69, 9.17) is 0 Å². The predicted molar refractivity (Wildman–Crippen MR) is 66.2 cm³/mol. The summed E-state index contributed by atoms with van der Waals surface area (Å²) in [6.45, 7) is 9.99. The van der Waals surface area contributed by atoms with Gasteiger partial charge >= 0.3 is 0 Å². The smallest absolute Gasteiger partial charge is 0.0450 e. The highest BCUT2D eigenvalue weighted by Gasteiger charge is 2.38. The number of rotatable bonds is 1. The van der Waals surface area contributed by atoms with Crippen LogP contribution in [0.15, 0.2) is 36.0 Å². The first kappa shape index (κ1) is 10.3. The molecule has 1 aromatic rings. The van der Waals surface area contributed by atoms with Crippen molar-refractivity contribution in [2.24, 2.45) is 0 Å². The Morgan fingerprint density at radius 3 is 2.53 bits per heavy atom. The van der Waals surface area contributed by atoms with Gasteiger partial charge in [0.2, 0.25) is 0 Å². The van der Waals surface area contributed by atoms with Crippen molar-refractivity contribution in [3.63, 3.8) is 0 Å². The Balaban J connectivity index is 2.65. The van der Waals surface area contributed by atoms with E-state index in [9.17, 15) is 0 Å². The number of para-hydroxylation sites is 1. The molecule has 0 radical (unpaired) electrons. The van der Waals surface area contributed by atoms with Crippen molar-refractivity contribution in [1.29, 1.82) is 0 Å². The van der Waals surface area contributed by atoms with Crippen molar-refractivity contribution in [2.45, 2.75) is 33.1 Å². The van der Waals surface area contributed by atoms with Gasteiger partial charge in [-0.1, -0.05) is 38.1 Å². The number of hydrogen-bond acceptors (Lipinski definition) is 1. The summed E-state index contributed by atoms with van der Waals surface area (Å²) < 4.78 is 0. The highest BCUT2D eigenvalue weighted by atomic mass is 15.2. The van der Waals surface area contributed by atoms with Gasteiger partial charge in [-0.2, -0.15) is 0 Å². The number of likely N-dealkylation sites (N-methyl/N-ethyl adjacent to an activating group) is 1. The lowest BCUT2D eigenvalue weighted by Crippen LogP contribution is -2.25. The van der Waals surface area contributed by atoms with Gasteiger partial charge in [-0.05, 0) is 25.5 Å². The summed E-state index contributed by atoms with van der Waals surface area (Å²) in [6, 6.07) is 8.72. The molecular weight excluding hydrogens is 182 g/mol. The van der Waals surface area contributed by atoms with Crippen molar-refractivity contribution < 1.29 is 0 Å². The second kappa shape index (κ2) is 3.41. The monoisotopic (exact) mass is 201 g/mol. The summed E-state index contributed by atoms with van der Waals surface area (Å²) in [5.41, 5.74) is 4.39. The van der Waals surface area contributed by atoms with E-state index in [0.29, 0.717) is 0 Å². The van der Waals surface area contributed by atoms with E-state index in [2.05, 4.69) is 62.9 Å². The standard InChI is InChI=1S/C14H19N/c1-5-13-14(3,4)11-9-7-8-10-12(11)15(13)6-2/h5,7-10H,6H2,1-4H3/b13-5-. The van der Waals surface area contributed by atoms with Crippen LogP contribution in [-0.2, 0) is 5.41 Å². The summed E-state index contributed by atoms with van der Waals surface area (Å²) in [6.07, 6.45) is 2.24. The maximum atomic E-state index is 2.41. The van der Waals surface area contributed by atoms with Crippen LogP contribution in [0.5, 0.6) is 0 Å². The lowest BCUT2D eigenvalue weighted by Gasteiger charge is -2.25. The Kier molecular flexibility index (Phi) is 2.34. The van der Waals surface area contributed by atoms with Gasteiger partial charge in [-0.3, -0.25) is 0 Å². The van der Waals surface area contributed by atoms with E-state index >= 15 is 0 Å². The van der Waals surface area contributed by atoms with Crippen LogP contribution in [0, 0.1) is 0 Å². The zero-order chi connectivity index (χ0) is 11.1. The van der Waals surface area contributed by atoms with Gasteiger partial charge in [0, 0.05) is 23.3 Å². The van der Waals surface area contributed by atoms with E-state index in [-0.39, 0.29) is 5.41 Å². The SMILES string of the molecule is C/C=C1\N(CC)c2ccccc2C1(C)C. The molecule has 0 fully saturated rings. The Bertz CT molecular complexity index is 402. The van der Waals surface area contributed by atoms with E-state index in [1.807, 2.05) is 0 Å². The lowest BCUT2D eigenvalue weighted by molar-refractivity contribution is 0.632. The summed E-state index contributed by atoms with van der Waals surface area (Å²) in [4.78, 5) is 2.41. The highest BCUT2D eigenvalue weighted by molar-refractivity contribution is 5.70. The van der Waals surface area contributed by atoms with Crippen molar-refractivity contribution in [2.75, 3.05) is 11.4 Å². The molecule has 0 bridgehead atoms. The molecule has 0 spiro atoms. The fraction of sp³-hybridized carbons (Fsp3) is 0.429. The quantitative estimate of drug-likeness (QED) is 0.669. The van der Waals surface area contributed by atoms with Crippen LogP contribution in [0.3, 0.4) is 0 Å². The van der Waals surface area contributed by atoms with Crippen molar-refractivity contribution in [1.82, 2.24) is 0 Å². The molecule has 1 aliphatic rings. The molecule has 0 unspecified atom stereocenters. The first-order chi connectivity index (χ1) is 7.12. The third-order valence-electron chi connectivity index (χ3n) is 3.39. The Hall–Kier alpha value is -1.24. The molecule has 1 heteroatoms. The van der Waals surface area contributed by atoms with Crippen LogP contribution in [-0.4, -0.2) is 6.54 Å². The second-order valence-electron chi connectivity index (χ2n) is 4.56. The molecule has 1 aliphatic heterocycles. The lowest BCUT2D eigenvalue weighted by atomic mass is 9.84. The summed E-state index contributed by atoms with van der Waals surface area (Å²) in [7, 11) is 0. The summed E-state index contributed by atoms with van der Waals surface area (Å²) in [5.74, 6) is 0. The largest absolute Gasteiger partial charge is 0.345 e. The van der Waals surface area contributed by atoms with Crippen LogP contribution >= 0.6 is 0 Å². The predicted octanol–water partition coefficient (Wildman–Crippen LogP) is 3.71.